The Hall–Kier alpha value is 0.310. The van der Waals surface area contributed by atoms with E-state index in [0.717, 1.165) is 6.04 Å². The Kier molecular flexibility index (Phi) is 5.88. The highest BCUT2D eigenvalue weighted by molar-refractivity contribution is 7.99. The third-order valence-electron chi connectivity index (χ3n) is 2.12. The summed E-state index contributed by atoms with van der Waals surface area (Å²) in [6, 6.07) is 0.894. The molecule has 0 atom stereocenters. The number of thioether (sulfide) groups is 1. The third kappa shape index (κ3) is 5.90. The van der Waals surface area contributed by atoms with Crippen LogP contribution in [0.2, 0.25) is 0 Å². The van der Waals surface area contributed by atoms with Crippen molar-refractivity contribution in [1.82, 2.24) is 5.32 Å². The van der Waals surface area contributed by atoms with Crippen LogP contribution >= 0.6 is 11.8 Å². The van der Waals surface area contributed by atoms with Crippen molar-refractivity contribution >= 4 is 11.8 Å². The lowest BCUT2D eigenvalue weighted by atomic mass is 10.4. The van der Waals surface area contributed by atoms with Crippen molar-refractivity contribution in [2.75, 3.05) is 18.1 Å². The van der Waals surface area contributed by atoms with Crippen molar-refractivity contribution < 1.29 is 0 Å². The Morgan fingerprint density at radius 3 is 2.67 bits per heavy atom. The summed E-state index contributed by atoms with van der Waals surface area (Å²) >= 11 is 2.11. The van der Waals surface area contributed by atoms with E-state index in [-0.39, 0.29) is 0 Å². The van der Waals surface area contributed by atoms with Crippen LogP contribution in [-0.2, 0) is 0 Å². The summed E-state index contributed by atoms with van der Waals surface area (Å²) in [5, 5.41) is 3.53. The number of hydrogen-bond acceptors (Lipinski definition) is 2. The summed E-state index contributed by atoms with van der Waals surface area (Å²) in [5.74, 6) is 2.71. The first-order valence-electron chi connectivity index (χ1n) is 5.24. The van der Waals surface area contributed by atoms with Gasteiger partial charge in [-0.1, -0.05) is 13.3 Å². The van der Waals surface area contributed by atoms with E-state index >= 15 is 0 Å². The first kappa shape index (κ1) is 10.4. The molecule has 1 aliphatic carbocycles. The average molecular weight is 187 g/mol. The first-order valence-corrected chi connectivity index (χ1v) is 6.40. The van der Waals surface area contributed by atoms with Gasteiger partial charge in [0.2, 0.25) is 0 Å². The van der Waals surface area contributed by atoms with Crippen LogP contribution in [0.4, 0.5) is 0 Å². The van der Waals surface area contributed by atoms with E-state index in [0.29, 0.717) is 0 Å². The van der Waals surface area contributed by atoms with Gasteiger partial charge in [-0.3, -0.25) is 0 Å². The molecule has 0 aromatic carbocycles. The molecule has 2 heteroatoms. The lowest BCUT2D eigenvalue weighted by molar-refractivity contribution is 0.674. The maximum atomic E-state index is 3.53. The number of nitrogens with one attached hydrogen (secondary N) is 1. The smallest absolute Gasteiger partial charge is 0.00682 e. The second kappa shape index (κ2) is 6.79. The second-order valence-electron chi connectivity index (χ2n) is 3.55. The van der Waals surface area contributed by atoms with Crippen LogP contribution in [0.5, 0.6) is 0 Å². The lowest BCUT2D eigenvalue weighted by Gasteiger charge is -2.01. The van der Waals surface area contributed by atoms with Crippen molar-refractivity contribution in [2.24, 2.45) is 0 Å². The third-order valence-corrected chi connectivity index (χ3v) is 3.27. The van der Waals surface area contributed by atoms with E-state index in [9.17, 15) is 0 Å². The molecule has 1 N–H and O–H groups in total. The highest BCUT2D eigenvalue weighted by atomic mass is 32.2. The van der Waals surface area contributed by atoms with E-state index < -0.39 is 0 Å². The van der Waals surface area contributed by atoms with E-state index in [1.807, 2.05) is 0 Å². The van der Waals surface area contributed by atoms with Crippen LogP contribution in [0.15, 0.2) is 0 Å². The molecule has 1 nitrogen and oxygen atoms in total. The SMILES string of the molecule is CCCCSCCCNC1CC1. The fourth-order valence-corrected chi connectivity index (χ4v) is 2.16. The van der Waals surface area contributed by atoms with Crippen molar-refractivity contribution in [2.45, 2.75) is 45.1 Å². The lowest BCUT2D eigenvalue weighted by Crippen LogP contribution is -2.17. The number of rotatable bonds is 8. The largest absolute Gasteiger partial charge is 0.314 e. The van der Waals surface area contributed by atoms with Crippen molar-refractivity contribution in [3.63, 3.8) is 0 Å². The first-order chi connectivity index (χ1) is 5.93. The topological polar surface area (TPSA) is 12.0 Å². The molecule has 1 aliphatic rings. The molecule has 1 fully saturated rings. The minimum atomic E-state index is 0.894. The van der Waals surface area contributed by atoms with Gasteiger partial charge < -0.3 is 5.32 Å². The van der Waals surface area contributed by atoms with Gasteiger partial charge in [-0.05, 0) is 43.7 Å². The van der Waals surface area contributed by atoms with Crippen molar-refractivity contribution in [1.29, 1.82) is 0 Å². The standard InChI is InChI=1S/C10H21NS/c1-2-3-8-12-9-4-7-11-10-5-6-10/h10-11H,2-9H2,1H3. The maximum absolute atomic E-state index is 3.53. The molecule has 0 spiro atoms. The zero-order valence-electron chi connectivity index (χ0n) is 8.14. The molecule has 1 rings (SSSR count). The maximum Gasteiger partial charge on any atom is 0.00682 e. The summed E-state index contributed by atoms with van der Waals surface area (Å²) in [7, 11) is 0. The Morgan fingerprint density at radius 1 is 1.25 bits per heavy atom. The quantitative estimate of drug-likeness (QED) is 0.586. The van der Waals surface area contributed by atoms with Gasteiger partial charge in [0.05, 0.1) is 0 Å². The highest BCUT2D eigenvalue weighted by Crippen LogP contribution is 2.18. The highest BCUT2D eigenvalue weighted by Gasteiger charge is 2.19. The van der Waals surface area contributed by atoms with Crippen LogP contribution < -0.4 is 5.32 Å². The molecule has 0 aromatic heterocycles. The zero-order chi connectivity index (χ0) is 8.65. The second-order valence-corrected chi connectivity index (χ2v) is 4.77. The predicted molar refractivity (Wildman–Crippen MR) is 57.9 cm³/mol. The molecule has 1 saturated carbocycles. The van der Waals surface area contributed by atoms with Gasteiger partial charge in [-0.25, -0.2) is 0 Å². The predicted octanol–water partition coefficient (Wildman–Crippen LogP) is 2.66. The van der Waals surface area contributed by atoms with Crippen LogP contribution in [-0.4, -0.2) is 24.1 Å². The van der Waals surface area contributed by atoms with Crippen molar-refractivity contribution in [3.05, 3.63) is 0 Å². The average Bonchev–Trinajstić information content (AvgIpc) is 2.87. The van der Waals surface area contributed by atoms with Gasteiger partial charge >= 0.3 is 0 Å². The monoisotopic (exact) mass is 187 g/mol. The summed E-state index contributed by atoms with van der Waals surface area (Å²) in [6.45, 7) is 3.50. The summed E-state index contributed by atoms with van der Waals surface area (Å²) in [6.07, 6.45) is 6.92. The molecular weight excluding hydrogens is 166 g/mol. The van der Waals surface area contributed by atoms with Gasteiger partial charge in [0, 0.05) is 6.04 Å². The molecule has 0 aromatic rings. The minimum Gasteiger partial charge on any atom is -0.314 e. The fraction of sp³-hybridized carbons (Fsp3) is 1.00. The van der Waals surface area contributed by atoms with Crippen LogP contribution in [0, 0.1) is 0 Å². The number of unbranched alkanes of at least 4 members (excludes halogenated alkanes) is 1. The minimum absolute atomic E-state index is 0.894. The van der Waals surface area contributed by atoms with Gasteiger partial charge in [0.15, 0.2) is 0 Å². The van der Waals surface area contributed by atoms with E-state index in [2.05, 4.69) is 24.0 Å². The van der Waals surface area contributed by atoms with Crippen molar-refractivity contribution in [3.8, 4) is 0 Å². The normalized spacial score (nSPS) is 16.8. The van der Waals surface area contributed by atoms with E-state index in [4.69, 9.17) is 0 Å². The van der Waals surface area contributed by atoms with Gasteiger partial charge in [0.25, 0.3) is 0 Å². The van der Waals surface area contributed by atoms with Crippen LogP contribution in [0.25, 0.3) is 0 Å². The zero-order valence-corrected chi connectivity index (χ0v) is 8.96. The molecule has 12 heavy (non-hydrogen) atoms. The van der Waals surface area contributed by atoms with Gasteiger partial charge in [-0.2, -0.15) is 11.8 Å². The molecule has 72 valence electrons. The Balaban J connectivity index is 1.65. The Bertz CT molecular complexity index is 102. The van der Waals surface area contributed by atoms with Gasteiger partial charge in [0.1, 0.15) is 0 Å². The molecule has 0 amide bonds. The molecule has 0 unspecified atom stereocenters. The summed E-state index contributed by atoms with van der Waals surface area (Å²) in [5.41, 5.74) is 0. The van der Waals surface area contributed by atoms with Crippen LogP contribution in [0.1, 0.15) is 39.0 Å². The molecule has 0 saturated heterocycles. The molecule has 0 bridgehead atoms. The van der Waals surface area contributed by atoms with Crippen LogP contribution in [0.3, 0.4) is 0 Å². The molecule has 0 aliphatic heterocycles. The van der Waals surface area contributed by atoms with E-state index in [1.165, 1.54) is 50.2 Å². The van der Waals surface area contributed by atoms with E-state index in [1.54, 1.807) is 0 Å². The fourth-order valence-electron chi connectivity index (χ4n) is 1.12. The van der Waals surface area contributed by atoms with Gasteiger partial charge in [-0.15, -0.1) is 0 Å². The Morgan fingerprint density at radius 2 is 2.00 bits per heavy atom. The molecule has 0 heterocycles. The Labute approximate surface area is 80.7 Å². The summed E-state index contributed by atoms with van der Waals surface area (Å²) < 4.78 is 0. The molecular formula is C10H21NS. The molecule has 0 radical (unpaired) electrons. The summed E-state index contributed by atoms with van der Waals surface area (Å²) in [4.78, 5) is 0. The number of hydrogen-bond donors (Lipinski definition) is 1.